The number of alkyl halides is 1. The van der Waals surface area contributed by atoms with Crippen LogP contribution in [0.15, 0.2) is 0 Å². The van der Waals surface area contributed by atoms with Crippen molar-refractivity contribution in [2.45, 2.75) is 0 Å². The van der Waals surface area contributed by atoms with E-state index < -0.39 is 16.1 Å². The van der Waals surface area contributed by atoms with Gasteiger partial charge in [0, 0.05) is 12.4 Å². The molecule has 0 fully saturated rings. The Morgan fingerprint density at radius 1 is 1.67 bits per heavy atom. The summed E-state index contributed by atoms with van der Waals surface area (Å²) in [5, 5.41) is 0. The van der Waals surface area contributed by atoms with E-state index in [9.17, 15) is 13.2 Å². The maximum Gasteiger partial charge on any atom is 0.343 e. The Hall–Kier alpha value is -0.530. The lowest BCUT2D eigenvalue weighted by Gasteiger charge is -2.17. The lowest BCUT2D eigenvalue weighted by Crippen LogP contribution is -2.49. The number of nitrogens with zero attached hydrogens (tertiary/aromatic N) is 1. The van der Waals surface area contributed by atoms with Crippen molar-refractivity contribution in [2.24, 2.45) is 5.73 Å². The molecule has 0 aromatic heterocycles. The summed E-state index contributed by atoms with van der Waals surface area (Å²) in [7, 11) is -3.65. The van der Waals surface area contributed by atoms with E-state index in [1.165, 1.54) is 0 Å². The molecule has 0 radical (unpaired) electrons. The van der Waals surface area contributed by atoms with E-state index in [2.05, 4.69) is 5.43 Å². The summed E-state index contributed by atoms with van der Waals surface area (Å²) in [5.74, 6) is 0.180. The Kier molecular flexibility index (Phi) is 4.29. The predicted octanol–water partition coefficient (Wildman–Crippen LogP) is -0.930. The number of urea groups is 1. The third kappa shape index (κ3) is 3.74. The van der Waals surface area contributed by atoms with E-state index in [4.69, 9.17) is 17.3 Å². The average Bonchev–Trinajstić information content (AvgIpc) is 1.84. The standard InChI is InChI=1S/C4H10ClN3O3S/c1-12(10,11)8(4(6)9)7-3-2-5/h7H,2-3H2,1H3,(H2,6,9). The van der Waals surface area contributed by atoms with Gasteiger partial charge in [-0.1, -0.05) is 0 Å². The summed E-state index contributed by atoms with van der Waals surface area (Å²) in [5.41, 5.74) is 7.01. The van der Waals surface area contributed by atoms with Crippen molar-refractivity contribution in [3.8, 4) is 0 Å². The Morgan fingerprint density at radius 3 is 2.42 bits per heavy atom. The Morgan fingerprint density at radius 2 is 2.17 bits per heavy atom. The molecule has 0 aromatic rings. The normalized spacial score (nSPS) is 11.2. The molecular weight excluding hydrogens is 206 g/mol. The molecule has 12 heavy (non-hydrogen) atoms. The van der Waals surface area contributed by atoms with Crippen LogP contribution in [0.3, 0.4) is 0 Å². The number of halogens is 1. The second-order valence-electron chi connectivity index (χ2n) is 1.96. The third-order valence-electron chi connectivity index (χ3n) is 0.882. The van der Waals surface area contributed by atoms with Crippen molar-refractivity contribution in [3.63, 3.8) is 0 Å². The summed E-state index contributed by atoms with van der Waals surface area (Å²) in [6, 6.07) is -1.08. The van der Waals surface area contributed by atoms with Crippen LogP contribution in [0.1, 0.15) is 0 Å². The minimum atomic E-state index is -3.65. The van der Waals surface area contributed by atoms with Gasteiger partial charge in [0.05, 0.1) is 6.26 Å². The number of primary amides is 1. The number of hydrogen-bond acceptors (Lipinski definition) is 4. The smallest absolute Gasteiger partial charge is 0.343 e. The van der Waals surface area contributed by atoms with Crippen LogP contribution in [0.2, 0.25) is 0 Å². The van der Waals surface area contributed by atoms with Crippen LogP contribution < -0.4 is 11.2 Å². The van der Waals surface area contributed by atoms with E-state index in [1.54, 1.807) is 0 Å². The predicted molar refractivity (Wildman–Crippen MR) is 45.0 cm³/mol. The number of sulfonamides is 1. The van der Waals surface area contributed by atoms with Crippen molar-refractivity contribution >= 4 is 27.7 Å². The highest BCUT2D eigenvalue weighted by Gasteiger charge is 2.19. The van der Waals surface area contributed by atoms with E-state index in [0.717, 1.165) is 6.26 Å². The molecular formula is C4H10ClN3O3S. The number of carbonyl (C=O) groups is 1. The Bertz CT molecular complexity index is 252. The van der Waals surface area contributed by atoms with Crippen LogP contribution >= 0.6 is 11.6 Å². The first-order chi connectivity index (χ1) is 5.39. The fourth-order valence-corrected chi connectivity index (χ4v) is 1.24. The summed E-state index contributed by atoms with van der Waals surface area (Å²) in [6.45, 7) is 0.150. The SMILES string of the molecule is CS(=O)(=O)N(NCCCl)C(N)=O. The van der Waals surface area contributed by atoms with Crippen molar-refractivity contribution in [1.82, 2.24) is 9.84 Å². The highest BCUT2D eigenvalue weighted by molar-refractivity contribution is 7.88. The van der Waals surface area contributed by atoms with Gasteiger partial charge in [-0.2, -0.15) is 4.41 Å². The molecule has 0 atom stereocenters. The first kappa shape index (κ1) is 11.5. The highest BCUT2D eigenvalue weighted by atomic mass is 35.5. The topological polar surface area (TPSA) is 92.5 Å². The number of carbonyl (C=O) groups excluding carboxylic acids is 1. The van der Waals surface area contributed by atoms with E-state index in [0.29, 0.717) is 4.41 Å². The van der Waals surface area contributed by atoms with Gasteiger partial charge in [0.2, 0.25) is 10.0 Å². The molecule has 72 valence electrons. The van der Waals surface area contributed by atoms with Crippen LogP contribution in [0, 0.1) is 0 Å². The van der Waals surface area contributed by atoms with Gasteiger partial charge in [0.15, 0.2) is 0 Å². The van der Waals surface area contributed by atoms with Gasteiger partial charge in [-0.15, -0.1) is 11.6 Å². The van der Waals surface area contributed by atoms with E-state index >= 15 is 0 Å². The number of amides is 2. The zero-order valence-electron chi connectivity index (χ0n) is 6.45. The number of hydrazine groups is 1. The Labute approximate surface area is 75.7 Å². The second kappa shape index (κ2) is 4.48. The van der Waals surface area contributed by atoms with Crippen LogP contribution in [0.5, 0.6) is 0 Å². The van der Waals surface area contributed by atoms with Gasteiger partial charge in [0.1, 0.15) is 0 Å². The van der Waals surface area contributed by atoms with E-state index in [1.807, 2.05) is 0 Å². The molecule has 0 aliphatic rings. The third-order valence-corrected chi connectivity index (χ3v) is 2.04. The van der Waals surface area contributed by atoms with Crippen molar-refractivity contribution in [3.05, 3.63) is 0 Å². The van der Waals surface area contributed by atoms with Crippen LogP contribution in [0.4, 0.5) is 4.79 Å². The molecule has 2 amide bonds. The minimum Gasteiger partial charge on any atom is -0.350 e. The van der Waals surface area contributed by atoms with Crippen LogP contribution in [-0.4, -0.2) is 37.5 Å². The molecule has 3 N–H and O–H groups in total. The first-order valence-corrected chi connectivity index (χ1v) is 5.37. The van der Waals surface area contributed by atoms with E-state index in [-0.39, 0.29) is 12.4 Å². The van der Waals surface area contributed by atoms with Crippen LogP contribution in [0.25, 0.3) is 0 Å². The fraction of sp³-hybridized carbons (Fsp3) is 0.750. The molecule has 6 nitrogen and oxygen atoms in total. The van der Waals surface area contributed by atoms with Gasteiger partial charge >= 0.3 is 6.03 Å². The molecule has 0 aromatic carbocycles. The monoisotopic (exact) mass is 215 g/mol. The van der Waals surface area contributed by atoms with Gasteiger partial charge in [-0.05, 0) is 0 Å². The molecule has 0 saturated heterocycles. The maximum atomic E-state index is 10.8. The number of nitrogens with one attached hydrogen (secondary N) is 1. The zero-order chi connectivity index (χ0) is 9.78. The number of rotatable bonds is 4. The molecule has 0 aliphatic heterocycles. The summed E-state index contributed by atoms with van der Waals surface area (Å²) in [6.07, 6.45) is 0.860. The van der Waals surface area contributed by atoms with Gasteiger partial charge in [0.25, 0.3) is 0 Å². The van der Waals surface area contributed by atoms with Gasteiger partial charge in [-0.25, -0.2) is 18.6 Å². The molecule has 0 aliphatic carbocycles. The molecule has 0 unspecified atom stereocenters. The molecule has 0 bridgehead atoms. The number of nitrogens with two attached hydrogens (primary N) is 1. The van der Waals surface area contributed by atoms with Crippen molar-refractivity contribution in [2.75, 3.05) is 18.7 Å². The summed E-state index contributed by atoms with van der Waals surface area (Å²) < 4.78 is 21.9. The van der Waals surface area contributed by atoms with Gasteiger partial charge < -0.3 is 5.73 Å². The largest absolute Gasteiger partial charge is 0.350 e. The second-order valence-corrected chi connectivity index (χ2v) is 4.17. The lowest BCUT2D eigenvalue weighted by atomic mass is 10.8. The summed E-state index contributed by atoms with van der Waals surface area (Å²) in [4.78, 5) is 10.5. The molecule has 0 heterocycles. The molecule has 8 heteroatoms. The Balaban J connectivity index is 4.36. The lowest BCUT2D eigenvalue weighted by molar-refractivity contribution is 0.220. The average molecular weight is 216 g/mol. The maximum absolute atomic E-state index is 10.8. The quantitative estimate of drug-likeness (QED) is 0.468. The molecule has 0 spiro atoms. The highest BCUT2D eigenvalue weighted by Crippen LogP contribution is 1.91. The van der Waals surface area contributed by atoms with Crippen LogP contribution in [-0.2, 0) is 10.0 Å². The zero-order valence-corrected chi connectivity index (χ0v) is 8.02. The van der Waals surface area contributed by atoms with Crippen molar-refractivity contribution < 1.29 is 13.2 Å². The van der Waals surface area contributed by atoms with Crippen molar-refractivity contribution in [1.29, 1.82) is 0 Å². The minimum absolute atomic E-state index is 0.150. The van der Waals surface area contributed by atoms with Gasteiger partial charge in [-0.3, -0.25) is 0 Å². The summed E-state index contributed by atoms with van der Waals surface area (Å²) >= 11 is 5.26. The number of hydrogen-bond donors (Lipinski definition) is 2. The molecule has 0 rings (SSSR count). The molecule has 0 saturated carbocycles. The first-order valence-electron chi connectivity index (χ1n) is 2.98. The fourth-order valence-electron chi connectivity index (χ4n) is 0.502.